The molecule has 0 amide bonds. The van der Waals surface area contributed by atoms with Crippen LogP contribution in [0.5, 0.6) is 11.5 Å². The first-order valence-electron chi connectivity index (χ1n) is 10.9. The van der Waals surface area contributed by atoms with Crippen LogP contribution < -0.4 is 15.9 Å². The fraction of sp³-hybridized carbons (Fsp3) is 0.148. The van der Waals surface area contributed by atoms with Crippen LogP contribution in [0.2, 0.25) is 0 Å². The molecule has 0 saturated heterocycles. The first-order valence-corrected chi connectivity index (χ1v) is 10.9. The maximum absolute atomic E-state index is 12.2. The lowest BCUT2D eigenvalue weighted by atomic mass is 10.1. The van der Waals surface area contributed by atoms with Crippen molar-refractivity contribution in [2.24, 2.45) is 14.1 Å². The fourth-order valence-electron chi connectivity index (χ4n) is 4.23. The lowest BCUT2D eigenvalue weighted by molar-refractivity contribution is 0.489. The van der Waals surface area contributed by atoms with Gasteiger partial charge in [-0.05, 0) is 50.2 Å². The molecule has 3 aromatic heterocycles. The third-order valence-corrected chi connectivity index (χ3v) is 5.91. The Bertz CT molecular complexity index is 1630. The molecule has 0 atom stereocenters. The summed E-state index contributed by atoms with van der Waals surface area (Å²) in [5.41, 5.74) is 4.61. The lowest BCUT2D eigenvalue weighted by Gasteiger charge is -2.14. The number of benzene rings is 2. The van der Waals surface area contributed by atoms with Crippen LogP contribution in [0, 0.1) is 13.8 Å². The molecule has 3 heterocycles. The van der Waals surface area contributed by atoms with Crippen molar-refractivity contribution in [1.29, 1.82) is 0 Å². The normalized spacial score (nSPS) is 11.2. The Hall–Kier alpha value is -4.39. The Kier molecular flexibility index (Phi) is 5.17. The highest BCUT2D eigenvalue weighted by molar-refractivity contribution is 5.92. The Morgan fingerprint density at radius 3 is 2.32 bits per heavy atom. The Morgan fingerprint density at radius 1 is 0.853 bits per heavy atom. The van der Waals surface area contributed by atoms with Crippen LogP contribution in [0.4, 0.5) is 0 Å². The molecule has 0 fully saturated rings. The molecule has 34 heavy (non-hydrogen) atoms. The number of rotatable bonds is 4. The highest BCUT2D eigenvalue weighted by atomic mass is 16.5. The molecule has 5 rings (SSSR count). The van der Waals surface area contributed by atoms with Crippen LogP contribution >= 0.6 is 0 Å². The maximum atomic E-state index is 12.2. The molecule has 170 valence electrons. The van der Waals surface area contributed by atoms with Gasteiger partial charge in [0.25, 0.3) is 5.56 Å². The summed E-state index contributed by atoms with van der Waals surface area (Å²) in [6.07, 6.45) is 3.60. The van der Waals surface area contributed by atoms with Gasteiger partial charge in [-0.2, -0.15) is 0 Å². The van der Waals surface area contributed by atoms with E-state index in [0.717, 1.165) is 28.2 Å². The number of ether oxygens (including phenoxy) is 1. The quantitative estimate of drug-likeness (QED) is 0.403. The number of pyridine rings is 2. The molecule has 7 heteroatoms. The summed E-state index contributed by atoms with van der Waals surface area (Å²) in [4.78, 5) is 29.1. The van der Waals surface area contributed by atoms with Crippen LogP contribution in [0.25, 0.3) is 27.8 Å². The van der Waals surface area contributed by atoms with Crippen molar-refractivity contribution in [2.45, 2.75) is 13.8 Å². The van der Waals surface area contributed by atoms with Gasteiger partial charge in [0.15, 0.2) is 5.75 Å². The lowest BCUT2D eigenvalue weighted by Crippen LogP contribution is -2.19. The minimum Gasteiger partial charge on any atom is -0.454 e. The highest BCUT2D eigenvalue weighted by Crippen LogP contribution is 2.40. The van der Waals surface area contributed by atoms with Gasteiger partial charge in [-0.15, -0.1) is 0 Å². The van der Waals surface area contributed by atoms with E-state index in [2.05, 4.69) is 0 Å². The molecule has 7 nitrogen and oxygen atoms in total. The molecule has 0 unspecified atom stereocenters. The molecule has 0 radical (unpaired) electrons. The SMILES string of the molecule is Cc1cc(-n2c(C)nc3c(Oc4ccccc4)c(-c4ccc(=O)n(C)c4)ccc32)cn(C)c1=O. The average Bonchev–Trinajstić information content (AvgIpc) is 3.16. The Balaban J connectivity index is 1.79. The van der Waals surface area contributed by atoms with Crippen LogP contribution in [-0.4, -0.2) is 18.7 Å². The first-order chi connectivity index (χ1) is 16.3. The van der Waals surface area contributed by atoms with Crippen molar-refractivity contribution < 1.29 is 4.74 Å². The summed E-state index contributed by atoms with van der Waals surface area (Å²) in [7, 11) is 3.47. The van der Waals surface area contributed by atoms with E-state index in [-0.39, 0.29) is 11.1 Å². The van der Waals surface area contributed by atoms with Gasteiger partial charge in [0.2, 0.25) is 5.56 Å². The summed E-state index contributed by atoms with van der Waals surface area (Å²) in [5.74, 6) is 2.06. The zero-order valence-electron chi connectivity index (χ0n) is 19.4. The van der Waals surface area contributed by atoms with Crippen molar-refractivity contribution in [3.05, 3.63) is 105 Å². The van der Waals surface area contributed by atoms with Crippen LogP contribution in [0.15, 0.2) is 82.6 Å². The number of hydrogen-bond acceptors (Lipinski definition) is 4. The van der Waals surface area contributed by atoms with Gasteiger partial charge < -0.3 is 13.9 Å². The highest BCUT2D eigenvalue weighted by Gasteiger charge is 2.20. The topological polar surface area (TPSA) is 71.1 Å². The van der Waals surface area contributed by atoms with Gasteiger partial charge in [-0.25, -0.2) is 4.98 Å². The summed E-state index contributed by atoms with van der Waals surface area (Å²) >= 11 is 0. The summed E-state index contributed by atoms with van der Waals surface area (Å²) in [6.45, 7) is 3.74. The van der Waals surface area contributed by atoms with Gasteiger partial charge in [-0.1, -0.05) is 18.2 Å². The van der Waals surface area contributed by atoms with E-state index in [4.69, 9.17) is 9.72 Å². The minimum absolute atomic E-state index is 0.0316. The van der Waals surface area contributed by atoms with Gasteiger partial charge >= 0.3 is 0 Å². The number of aromatic nitrogens is 4. The number of para-hydroxylation sites is 1. The number of hydrogen-bond donors (Lipinski definition) is 0. The minimum atomic E-state index is -0.0828. The fourth-order valence-corrected chi connectivity index (χ4v) is 4.23. The van der Waals surface area contributed by atoms with Gasteiger partial charge in [0, 0.05) is 49.2 Å². The van der Waals surface area contributed by atoms with Crippen molar-refractivity contribution in [2.75, 3.05) is 0 Å². The molecule has 2 aromatic carbocycles. The van der Waals surface area contributed by atoms with Crippen molar-refractivity contribution in [3.8, 4) is 28.3 Å². The molecule has 0 N–H and O–H groups in total. The number of nitrogens with zero attached hydrogens (tertiary/aromatic N) is 4. The third-order valence-electron chi connectivity index (χ3n) is 5.91. The summed E-state index contributed by atoms with van der Waals surface area (Å²) < 4.78 is 11.5. The van der Waals surface area contributed by atoms with Crippen LogP contribution in [0.3, 0.4) is 0 Å². The largest absolute Gasteiger partial charge is 0.454 e. The second kappa shape index (κ2) is 8.19. The predicted molar refractivity (Wildman–Crippen MR) is 133 cm³/mol. The molecule has 5 aromatic rings. The molecule has 0 bridgehead atoms. The summed E-state index contributed by atoms with van der Waals surface area (Å²) in [5, 5.41) is 0. The molecule has 0 spiro atoms. The molecule has 0 aliphatic heterocycles. The zero-order valence-corrected chi connectivity index (χ0v) is 19.4. The van der Waals surface area contributed by atoms with Gasteiger partial charge in [0.05, 0.1) is 11.2 Å². The average molecular weight is 453 g/mol. The van der Waals surface area contributed by atoms with E-state index >= 15 is 0 Å². The van der Waals surface area contributed by atoms with Gasteiger partial charge in [0.1, 0.15) is 17.1 Å². The van der Waals surface area contributed by atoms with E-state index in [1.54, 1.807) is 41.6 Å². The second-order valence-corrected chi connectivity index (χ2v) is 8.38. The monoisotopic (exact) mass is 452 g/mol. The Labute approximate surface area is 196 Å². The van der Waals surface area contributed by atoms with E-state index < -0.39 is 0 Å². The van der Waals surface area contributed by atoms with Crippen molar-refractivity contribution in [3.63, 3.8) is 0 Å². The van der Waals surface area contributed by atoms with E-state index in [0.29, 0.717) is 22.6 Å². The Morgan fingerprint density at radius 2 is 1.62 bits per heavy atom. The molecule has 0 saturated carbocycles. The summed E-state index contributed by atoms with van der Waals surface area (Å²) in [6, 6.07) is 18.7. The number of fused-ring (bicyclic) bond motifs is 1. The molecular formula is C27H24N4O3. The number of imidazole rings is 1. The predicted octanol–water partition coefficient (Wildman–Crippen LogP) is 4.50. The number of aryl methyl sites for hydroxylation is 4. The van der Waals surface area contributed by atoms with Crippen LogP contribution in [-0.2, 0) is 14.1 Å². The molecule has 0 aliphatic rings. The van der Waals surface area contributed by atoms with E-state index in [1.165, 1.54) is 0 Å². The zero-order chi connectivity index (χ0) is 24.0. The van der Waals surface area contributed by atoms with Crippen molar-refractivity contribution in [1.82, 2.24) is 18.7 Å². The van der Waals surface area contributed by atoms with E-state index in [1.807, 2.05) is 73.1 Å². The van der Waals surface area contributed by atoms with Crippen molar-refractivity contribution >= 4 is 11.0 Å². The van der Waals surface area contributed by atoms with E-state index in [9.17, 15) is 9.59 Å². The second-order valence-electron chi connectivity index (χ2n) is 8.38. The molecule has 0 aliphatic carbocycles. The maximum Gasteiger partial charge on any atom is 0.253 e. The van der Waals surface area contributed by atoms with Gasteiger partial charge in [-0.3, -0.25) is 14.2 Å². The first kappa shape index (κ1) is 21.5. The molecular weight excluding hydrogens is 428 g/mol. The van der Waals surface area contributed by atoms with Crippen LogP contribution in [0.1, 0.15) is 11.4 Å². The third kappa shape index (κ3) is 3.61. The standard InChI is InChI=1S/C27H24N4O3/c1-17-14-20(16-30(4)27(17)33)31-18(2)28-25-23(31)12-11-22(19-10-13-24(32)29(3)15-19)26(25)34-21-8-6-5-7-9-21/h5-16H,1-4H3. The smallest absolute Gasteiger partial charge is 0.253 e.